The molecule has 1 aromatic rings. The van der Waals surface area contributed by atoms with Crippen LogP contribution in [0.5, 0.6) is 0 Å². The maximum Gasteiger partial charge on any atom is 0.303 e. The van der Waals surface area contributed by atoms with Gasteiger partial charge in [0.1, 0.15) is 12.2 Å². The molecule has 6 heteroatoms. The van der Waals surface area contributed by atoms with Crippen LogP contribution >= 0.6 is 0 Å². The molecule has 3 aliphatic rings. The summed E-state index contributed by atoms with van der Waals surface area (Å²) in [6.07, 6.45) is 7.41. The summed E-state index contributed by atoms with van der Waals surface area (Å²) in [5.41, 5.74) is 1.11. The first kappa shape index (κ1) is 18.8. The van der Waals surface area contributed by atoms with Gasteiger partial charge in [-0.25, -0.2) is 0 Å². The molecule has 3 aliphatic heterocycles. The molecule has 0 saturated carbocycles. The number of allylic oxidation sites excluding steroid dienone is 2. The minimum Gasteiger partial charge on any atom is -0.481 e. The zero-order valence-corrected chi connectivity index (χ0v) is 16.1. The molecule has 3 saturated heterocycles. The molecule has 1 aromatic carbocycles. The molecule has 146 valence electrons. The van der Waals surface area contributed by atoms with E-state index in [0.29, 0.717) is 23.8 Å². The quantitative estimate of drug-likeness (QED) is 0.378. The van der Waals surface area contributed by atoms with Gasteiger partial charge in [0.15, 0.2) is 0 Å². The molecule has 0 radical (unpaired) electrons. The van der Waals surface area contributed by atoms with Crippen LogP contribution in [0.4, 0.5) is 0 Å². The van der Waals surface area contributed by atoms with Gasteiger partial charge in [-0.3, -0.25) is 9.00 Å². The van der Waals surface area contributed by atoms with E-state index >= 15 is 0 Å². The van der Waals surface area contributed by atoms with Crippen molar-refractivity contribution in [2.24, 2.45) is 11.8 Å². The minimum absolute atomic E-state index is 0.0881. The van der Waals surface area contributed by atoms with Crippen molar-refractivity contribution in [3.8, 4) is 0 Å². The summed E-state index contributed by atoms with van der Waals surface area (Å²) < 4.78 is 24.6. The molecule has 3 heterocycles. The Balaban J connectivity index is 1.32. The Bertz CT molecular complexity index is 719. The molecule has 0 aromatic heterocycles. The van der Waals surface area contributed by atoms with Crippen LogP contribution in [0.2, 0.25) is 0 Å². The fourth-order valence-electron chi connectivity index (χ4n) is 4.48. The average Bonchev–Trinajstić information content (AvgIpc) is 3.27. The first-order valence-electron chi connectivity index (χ1n) is 9.70. The van der Waals surface area contributed by atoms with Crippen LogP contribution < -0.4 is 0 Å². The highest BCUT2D eigenvalue weighted by Gasteiger charge is 2.68. The van der Waals surface area contributed by atoms with Crippen molar-refractivity contribution in [3.63, 3.8) is 0 Å². The highest BCUT2D eigenvalue weighted by Crippen LogP contribution is 2.55. The van der Waals surface area contributed by atoms with Gasteiger partial charge in [-0.15, -0.1) is 0 Å². The van der Waals surface area contributed by atoms with E-state index < -0.39 is 16.8 Å². The first-order valence-corrected chi connectivity index (χ1v) is 11.2. The summed E-state index contributed by atoms with van der Waals surface area (Å²) >= 11 is 0. The van der Waals surface area contributed by atoms with E-state index in [1.165, 1.54) is 0 Å². The van der Waals surface area contributed by atoms with Gasteiger partial charge in [0.05, 0.1) is 12.2 Å². The monoisotopic (exact) mass is 390 g/mol. The Kier molecular flexibility index (Phi) is 5.76. The van der Waals surface area contributed by atoms with Crippen molar-refractivity contribution in [1.82, 2.24) is 0 Å². The van der Waals surface area contributed by atoms with Crippen LogP contribution in [-0.2, 0) is 30.8 Å². The second kappa shape index (κ2) is 8.25. The van der Waals surface area contributed by atoms with E-state index in [9.17, 15) is 9.00 Å². The molecule has 27 heavy (non-hydrogen) atoms. The van der Waals surface area contributed by atoms with Crippen molar-refractivity contribution in [2.75, 3.05) is 5.75 Å². The predicted molar refractivity (Wildman–Crippen MR) is 103 cm³/mol. The first-order chi connectivity index (χ1) is 13.1. The van der Waals surface area contributed by atoms with Crippen LogP contribution in [0.15, 0.2) is 42.5 Å². The lowest BCUT2D eigenvalue weighted by atomic mass is 9.78. The van der Waals surface area contributed by atoms with Crippen LogP contribution in [0, 0.1) is 11.8 Å². The largest absolute Gasteiger partial charge is 0.481 e. The normalized spacial score (nSPS) is 34.7. The van der Waals surface area contributed by atoms with Crippen molar-refractivity contribution in [3.05, 3.63) is 48.0 Å². The van der Waals surface area contributed by atoms with E-state index in [2.05, 4.69) is 12.2 Å². The van der Waals surface area contributed by atoms with Gasteiger partial charge in [-0.1, -0.05) is 42.5 Å². The van der Waals surface area contributed by atoms with E-state index in [1.54, 1.807) is 0 Å². The third kappa shape index (κ3) is 4.33. The van der Waals surface area contributed by atoms with Crippen molar-refractivity contribution >= 4 is 16.8 Å². The SMILES string of the molecule is O=C(O)CCCC=CC[C@H]1[C@@H](CS(=O)Cc2ccccc2)[C@@H]2O[C@H]1[C@@H]1O[C@@H]12. The number of epoxide rings is 1. The number of benzene rings is 1. The number of aliphatic carboxylic acids is 1. The van der Waals surface area contributed by atoms with E-state index in [-0.39, 0.29) is 36.8 Å². The summed E-state index contributed by atoms with van der Waals surface area (Å²) in [7, 11) is -0.920. The Morgan fingerprint density at radius 3 is 2.48 bits per heavy atom. The third-order valence-corrected chi connectivity index (χ3v) is 7.21. The van der Waals surface area contributed by atoms with Crippen LogP contribution in [0.3, 0.4) is 0 Å². The number of carboxylic acids is 1. The number of hydrogen-bond donors (Lipinski definition) is 1. The van der Waals surface area contributed by atoms with Crippen LogP contribution in [0.1, 0.15) is 31.2 Å². The molecule has 7 atom stereocenters. The van der Waals surface area contributed by atoms with E-state index in [4.69, 9.17) is 14.6 Å². The molecule has 0 amide bonds. The number of carboxylic acid groups (broad SMARTS) is 1. The van der Waals surface area contributed by atoms with E-state index in [0.717, 1.165) is 18.4 Å². The molecule has 4 rings (SSSR count). The lowest BCUT2D eigenvalue weighted by molar-refractivity contribution is -0.137. The highest BCUT2D eigenvalue weighted by molar-refractivity contribution is 7.84. The summed E-state index contributed by atoms with van der Waals surface area (Å²) in [5.74, 6) is 1.10. The molecular weight excluding hydrogens is 364 g/mol. The minimum atomic E-state index is -0.920. The Morgan fingerprint density at radius 1 is 1.04 bits per heavy atom. The predicted octanol–water partition coefficient (Wildman–Crippen LogP) is 2.92. The maximum absolute atomic E-state index is 12.7. The molecular formula is C21H26O5S. The topological polar surface area (TPSA) is 76.1 Å². The number of unbranched alkanes of at least 4 members (excludes halogenated alkanes) is 1. The molecule has 1 N–H and O–H groups in total. The Morgan fingerprint density at radius 2 is 1.74 bits per heavy atom. The molecule has 2 bridgehead atoms. The van der Waals surface area contributed by atoms with Crippen molar-refractivity contribution in [1.29, 1.82) is 0 Å². The average molecular weight is 391 g/mol. The second-order valence-corrected chi connectivity index (χ2v) is 9.19. The van der Waals surface area contributed by atoms with Gasteiger partial charge in [0.25, 0.3) is 0 Å². The third-order valence-electron chi connectivity index (χ3n) is 5.80. The van der Waals surface area contributed by atoms with Gasteiger partial charge >= 0.3 is 5.97 Å². The Labute approximate surface area is 162 Å². The van der Waals surface area contributed by atoms with Gasteiger partial charge in [-0.05, 0) is 30.7 Å². The number of ether oxygens (including phenoxy) is 2. The lowest BCUT2D eigenvalue weighted by Crippen LogP contribution is -2.36. The van der Waals surface area contributed by atoms with Gasteiger partial charge < -0.3 is 14.6 Å². The zero-order chi connectivity index (χ0) is 18.8. The number of hydrogen-bond acceptors (Lipinski definition) is 4. The fraction of sp³-hybridized carbons (Fsp3) is 0.571. The zero-order valence-electron chi connectivity index (χ0n) is 15.2. The summed E-state index contributed by atoms with van der Waals surface area (Å²) in [5, 5.41) is 8.69. The molecule has 0 aliphatic carbocycles. The van der Waals surface area contributed by atoms with Gasteiger partial charge in [0.2, 0.25) is 0 Å². The van der Waals surface area contributed by atoms with Gasteiger partial charge in [-0.2, -0.15) is 0 Å². The van der Waals surface area contributed by atoms with E-state index in [1.807, 2.05) is 30.3 Å². The standard InChI is InChI=1S/C21H26O5S/c22-17(23)11-7-2-1-6-10-15-16(19-21-20(26-21)18(15)25-19)13-27(24)12-14-8-4-3-5-9-14/h1,3-6,8-9,15-16,18-21H,2,7,10-13H2,(H,22,23)/t15-,16+,18+,19-,20-,21+,27?/m0/s1. The molecule has 5 nitrogen and oxygen atoms in total. The lowest BCUT2D eigenvalue weighted by Gasteiger charge is -2.24. The fourth-order valence-corrected chi connectivity index (χ4v) is 6.03. The Hall–Kier alpha value is -1.50. The number of fused-ring (bicyclic) bond motifs is 5. The number of rotatable bonds is 10. The van der Waals surface area contributed by atoms with Crippen molar-refractivity contribution < 1.29 is 23.6 Å². The molecule has 0 spiro atoms. The molecule has 3 fully saturated rings. The smallest absolute Gasteiger partial charge is 0.303 e. The van der Waals surface area contributed by atoms with Crippen molar-refractivity contribution in [2.45, 2.75) is 55.9 Å². The van der Waals surface area contributed by atoms with Crippen LogP contribution in [-0.4, -0.2) is 45.5 Å². The highest BCUT2D eigenvalue weighted by atomic mass is 32.2. The number of carbonyl (C=O) groups is 1. The van der Waals surface area contributed by atoms with Gasteiger partial charge in [0, 0.05) is 34.6 Å². The second-order valence-electron chi connectivity index (χ2n) is 7.69. The summed E-state index contributed by atoms with van der Waals surface area (Å²) in [6, 6.07) is 9.97. The summed E-state index contributed by atoms with van der Waals surface area (Å²) in [4.78, 5) is 10.6. The maximum atomic E-state index is 12.7. The summed E-state index contributed by atoms with van der Waals surface area (Å²) in [6.45, 7) is 0. The van der Waals surface area contributed by atoms with Crippen LogP contribution in [0.25, 0.3) is 0 Å². The molecule has 1 unspecified atom stereocenters.